The summed E-state index contributed by atoms with van der Waals surface area (Å²) in [6.07, 6.45) is 0. The molecule has 5 heteroatoms. The average Bonchev–Trinajstić information content (AvgIpc) is 2.58. The summed E-state index contributed by atoms with van der Waals surface area (Å²) in [6.45, 7) is -0.430. The van der Waals surface area contributed by atoms with Gasteiger partial charge in [0.2, 0.25) is 5.91 Å². The minimum absolute atomic E-state index is 0.386. The Morgan fingerprint density at radius 1 is 0.810 bits per heavy atom. The van der Waals surface area contributed by atoms with E-state index in [4.69, 9.17) is 5.73 Å². The van der Waals surface area contributed by atoms with E-state index in [1.807, 2.05) is 0 Å². The van der Waals surface area contributed by atoms with Crippen LogP contribution in [0, 0.1) is 0 Å². The van der Waals surface area contributed by atoms with Crippen LogP contribution in [0.5, 0.6) is 0 Å². The van der Waals surface area contributed by atoms with Gasteiger partial charge in [-0.1, -0.05) is 36.4 Å². The molecule has 0 aliphatic carbocycles. The van der Waals surface area contributed by atoms with Crippen LogP contribution in [-0.4, -0.2) is 10.5 Å². The summed E-state index contributed by atoms with van der Waals surface area (Å²) in [5.74, 6) is -0.728. The normalized spacial score (nSPS) is 10.9. The molecule has 2 aromatic carbocycles. The van der Waals surface area contributed by atoms with E-state index < -0.39 is 23.6 Å². The molecule has 0 aliphatic heterocycles. The van der Waals surface area contributed by atoms with Gasteiger partial charge in [-0.3, -0.25) is 19.0 Å². The zero-order valence-corrected chi connectivity index (χ0v) is 11.1. The van der Waals surface area contributed by atoms with Crippen LogP contribution in [0.2, 0.25) is 0 Å². The Labute approximate surface area is 119 Å². The molecule has 2 N–H and O–H groups in total. The quantitative estimate of drug-likeness (QED) is 0.760. The number of hydrogen-bond donors (Lipinski definition) is 1. The highest BCUT2D eigenvalue weighted by Crippen LogP contribution is 2.18. The molecule has 0 spiro atoms. The molecule has 1 amide bonds. The number of fused-ring (bicyclic) bond motifs is 3. The van der Waals surface area contributed by atoms with Crippen molar-refractivity contribution in [3.8, 4) is 0 Å². The predicted molar refractivity (Wildman–Crippen MR) is 81.2 cm³/mol. The van der Waals surface area contributed by atoms with Crippen molar-refractivity contribution in [3.05, 3.63) is 69.2 Å². The maximum atomic E-state index is 12.5. The third-order valence-corrected chi connectivity index (χ3v) is 3.41. The van der Waals surface area contributed by atoms with Gasteiger partial charge in [-0.2, -0.15) is 0 Å². The molecule has 0 bridgehead atoms. The van der Waals surface area contributed by atoms with Crippen molar-refractivity contribution < 1.29 is 4.79 Å². The number of amides is 1. The Morgan fingerprint density at radius 2 is 1.19 bits per heavy atom. The minimum atomic E-state index is -0.728. The van der Waals surface area contributed by atoms with E-state index in [1.54, 1.807) is 48.5 Å². The first-order valence-electron chi connectivity index (χ1n) is 6.42. The Kier molecular flexibility index (Phi) is 3.02. The van der Waals surface area contributed by atoms with E-state index in [-0.39, 0.29) is 0 Å². The van der Waals surface area contributed by atoms with Crippen molar-refractivity contribution in [2.24, 2.45) is 5.73 Å². The van der Waals surface area contributed by atoms with Gasteiger partial charge in [0.05, 0.1) is 0 Å². The molecule has 3 rings (SSSR count). The molecule has 0 unspecified atom stereocenters. The topological polar surface area (TPSA) is 82.2 Å². The zero-order valence-electron chi connectivity index (χ0n) is 11.1. The number of rotatable bonds is 2. The fourth-order valence-corrected chi connectivity index (χ4v) is 2.49. The lowest BCUT2D eigenvalue weighted by atomic mass is 10.1. The van der Waals surface area contributed by atoms with Crippen molar-refractivity contribution >= 4 is 27.5 Å². The van der Waals surface area contributed by atoms with Crippen molar-refractivity contribution in [1.82, 2.24) is 4.57 Å². The summed E-state index contributed by atoms with van der Waals surface area (Å²) in [5, 5.41) is 2.13. The number of carbonyl (C=O) groups excluding carboxylic acids is 1. The van der Waals surface area contributed by atoms with Crippen LogP contribution in [0.25, 0.3) is 21.5 Å². The highest BCUT2D eigenvalue weighted by molar-refractivity contribution is 6.05. The van der Waals surface area contributed by atoms with Gasteiger partial charge in [0.1, 0.15) is 6.54 Å². The standard InChI is InChI=1S/C16H12N2O3/c17-14(19)9-18-15(20)12-7-3-1-5-10(12)11-6-2-4-8-13(11)16(18)21/h1-8H,9H2,(H2,17,19). The zero-order chi connectivity index (χ0) is 15.0. The number of primary amides is 1. The van der Waals surface area contributed by atoms with Gasteiger partial charge in [0, 0.05) is 10.8 Å². The van der Waals surface area contributed by atoms with Gasteiger partial charge < -0.3 is 5.73 Å². The predicted octanol–water partition coefficient (Wildman–Crippen LogP) is 1.00. The van der Waals surface area contributed by atoms with E-state index in [9.17, 15) is 14.4 Å². The van der Waals surface area contributed by atoms with Gasteiger partial charge in [-0.15, -0.1) is 0 Å². The van der Waals surface area contributed by atoms with E-state index in [2.05, 4.69) is 0 Å². The maximum absolute atomic E-state index is 12.5. The largest absolute Gasteiger partial charge is 0.368 e. The second kappa shape index (κ2) is 4.86. The number of hydrogen-bond acceptors (Lipinski definition) is 3. The molecule has 104 valence electrons. The van der Waals surface area contributed by atoms with E-state index in [1.165, 1.54) is 0 Å². The van der Waals surface area contributed by atoms with Crippen molar-refractivity contribution in [2.75, 3.05) is 0 Å². The fraction of sp³-hybridized carbons (Fsp3) is 0.0625. The second-order valence-electron chi connectivity index (χ2n) is 4.75. The molecular weight excluding hydrogens is 268 g/mol. The highest BCUT2D eigenvalue weighted by atomic mass is 16.2. The lowest BCUT2D eigenvalue weighted by Crippen LogP contribution is -2.35. The van der Waals surface area contributed by atoms with Gasteiger partial charge in [0.25, 0.3) is 11.1 Å². The Hall–Kier alpha value is -2.95. The van der Waals surface area contributed by atoms with Crippen LogP contribution in [0.15, 0.2) is 58.1 Å². The smallest absolute Gasteiger partial charge is 0.261 e. The van der Waals surface area contributed by atoms with E-state index >= 15 is 0 Å². The first-order chi connectivity index (χ1) is 10.1. The van der Waals surface area contributed by atoms with Gasteiger partial charge >= 0.3 is 0 Å². The molecule has 21 heavy (non-hydrogen) atoms. The van der Waals surface area contributed by atoms with Crippen molar-refractivity contribution in [3.63, 3.8) is 0 Å². The molecule has 3 aromatic rings. The monoisotopic (exact) mass is 280 g/mol. The van der Waals surface area contributed by atoms with Crippen LogP contribution in [0.4, 0.5) is 0 Å². The van der Waals surface area contributed by atoms with Crippen LogP contribution < -0.4 is 16.9 Å². The van der Waals surface area contributed by atoms with Gasteiger partial charge in [-0.05, 0) is 22.9 Å². The number of carbonyl (C=O) groups is 1. The first-order valence-corrected chi connectivity index (χ1v) is 6.42. The van der Waals surface area contributed by atoms with Crippen LogP contribution in [0.1, 0.15) is 0 Å². The summed E-state index contributed by atoms with van der Waals surface area (Å²) >= 11 is 0. The lowest BCUT2D eigenvalue weighted by Gasteiger charge is -1.97. The summed E-state index contributed by atoms with van der Waals surface area (Å²) in [6, 6.07) is 13.9. The Balaban J connectivity index is 2.68. The van der Waals surface area contributed by atoms with E-state index in [0.717, 1.165) is 4.57 Å². The molecule has 5 nitrogen and oxygen atoms in total. The molecule has 0 saturated heterocycles. The molecular formula is C16H12N2O3. The summed E-state index contributed by atoms with van der Waals surface area (Å²) in [7, 11) is 0. The molecule has 0 saturated carbocycles. The number of aromatic nitrogens is 1. The molecule has 0 aliphatic rings. The summed E-state index contributed by atoms with van der Waals surface area (Å²) in [5.41, 5.74) is 4.14. The molecule has 1 aromatic heterocycles. The first kappa shape index (κ1) is 13.1. The third kappa shape index (κ3) is 2.08. The molecule has 1 heterocycles. The summed E-state index contributed by atoms with van der Waals surface area (Å²) < 4.78 is 0.896. The van der Waals surface area contributed by atoms with Gasteiger partial charge in [0.15, 0.2) is 0 Å². The molecule has 0 fully saturated rings. The lowest BCUT2D eigenvalue weighted by molar-refractivity contribution is -0.118. The van der Waals surface area contributed by atoms with E-state index in [0.29, 0.717) is 21.5 Å². The molecule has 0 radical (unpaired) electrons. The van der Waals surface area contributed by atoms with Crippen molar-refractivity contribution in [1.29, 1.82) is 0 Å². The Bertz CT molecular complexity index is 917. The Morgan fingerprint density at radius 3 is 1.57 bits per heavy atom. The second-order valence-corrected chi connectivity index (χ2v) is 4.75. The number of nitrogens with zero attached hydrogens (tertiary/aromatic N) is 1. The van der Waals surface area contributed by atoms with Crippen molar-refractivity contribution in [2.45, 2.75) is 6.54 Å². The third-order valence-electron chi connectivity index (χ3n) is 3.41. The van der Waals surface area contributed by atoms with Crippen LogP contribution in [0.3, 0.4) is 0 Å². The fourth-order valence-electron chi connectivity index (χ4n) is 2.49. The van der Waals surface area contributed by atoms with Crippen LogP contribution in [-0.2, 0) is 11.3 Å². The number of nitrogens with two attached hydrogens (primary N) is 1. The average molecular weight is 280 g/mol. The summed E-state index contributed by atoms with van der Waals surface area (Å²) in [4.78, 5) is 36.3. The SMILES string of the molecule is NC(=O)Cn1c(=O)c2ccccc2c2ccccc2c1=O. The van der Waals surface area contributed by atoms with Gasteiger partial charge in [-0.25, -0.2) is 0 Å². The highest BCUT2D eigenvalue weighted by Gasteiger charge is 2.11. The maximum Gasteiger partial charge on any atom is 0.261 e. The number of benzene rings is 2. The minimum Gasteiger partial charge on any atom is -0.368 e. The molecule has 0 atom stereocenters. The van der Waals surface area contributed by atoms with Crippen LogP contribution >= 0.6 is 0 Å².